The van der Waals surface area contributed by atoms with Crippen molar-refractivity contribution in [2.75, 3.05) is 51.2 Å². The van der Waals surface area contributed by atoms with Crippen molar-refractivity contribution in [3.05, 3.63) is 95.0 Å². The van der Waals surface area contributed by atoms with Crippen molar-refractivity contribution in [1.29, 1.82) is 0 Å². The Bertz CT molecular complexity index is 1350. The third-order valence-electron chi connectivity index (χ3n) is 6.27. The molecule has 3 aromatic rings. The number of carbonyl (C=O) groups is 2. The SMILES string of the molecule is O=C(O)C(F)(F)F.O=C(O)c1cccc(NC(=NCCc2ccccc2)N2CCN(CCOc3ccc(Cl)cc3)CC2)c1. The predicted octanol–water partition coefficient (Wildman–Crippen LogP) is 5.38. The number of carboxylic acids is 2. The summed E-state index contributed by atoms with van der Waals surface area (Å²) in [5, 5.41) is 20.5. The highest BCUT2D eigenvalue weighted by atomic mass is 35.5. The number of nitrogens with one attached hydrogen (secondary N) is 1. The Morgan fingerprint density at radius 1 is 0.930 bits per heavy atom. The van der Waals surface area contributed by atoms with Crippen LogP contribution in [0.4, 0.5) is 18.9 Å². The Morgan fingerprint density at radius 2 is 1.58 bits per heavy atom. The van der Waals surface area contributed by atoms with Gasteiger partial charge in [-0.1, -0.05) is 48.0 Å². The van der Waals surface area contributed by atoms with E-state index in [9.17, 15) is 23.1 Å². The summed E-state index contributed by atoms with van der Waals surface area (Å²) >= 11 is 5.93. The first-order chi connectivity index (χ1) is 20.5. The van der Waals surface area contributed by atoms with E-state index in [-0.39, 0.29) is 5.56 Å². The van der Waals surface area contributed by atoms with Gasteiger partial charge in [-0.3, -0.25) is 9.89 Å². The number of halogens is 4. The Balaban J connectivity index is 0.000000646. The van der Waals surface area contributed by atoms with Crippen molar-refractivity contribution in [1.82, 2.24) is 9.80 Å². The molecule has 0 unspecified atom stereocenters. The minimum atomic E-state index is -5.08. The van der Waals surface area contributed by atoms with Crippen LogP contribution < -0.4 is 10.1 Å². The van der Waals surface area contributed by atoms with Gasteiger partial charge in [-0.2, -0.15) is 13.2 Å². The van der Waals surface area contributed by atoms with E-state index in [1.165, 1.54) is 5.56 Å². The number of ether oxygens (including phenoxy) is 1. The molecule has 1 fully saturated rings. The summed E-state index contributed by atoms with van der Waals surface area (Å²) in [7, 11) is 0. The van der Waals surface area contributed by atoms with Gasteiger partial charge in [-0.05, 0) is 54.4 Å². The highest BCUT2D eigenvalue weighted by molar-refractivity contribution is 6.30. The highest BCUT2D eigenvalue weighted by Gasteiger charge is 2.38. The summed E-state index contributed by atoms with van der Waals surface area (Å²) in [6.45, 7) is 5.50. The molecule has 0 saturated carbocycles. The smallest absolute Gasteiger partial charge is 0.490 e. The molecule has 1 aliphatic heterocycles. The first kappa shape index (κ1) is 33.2. The van der Waals surface area contributed by atoms with Crippen LogP contribution in [0.15, 0.2) is 83.9 Å². The van der Waals surface area contributed by atoms with E-state index in [0.717, 1.165) is 50.9 Å². The summed E-state index contributed by atoms with van der Waals surface area (Å²) in [4.78, 5) is 29.8. The first-order valence-corrected chi connectivity index (χ1v) is 13.7. The summed E-state index contributed by atoms with van der Waals surface area (Å²) in [6, 6.07) is 24.5. The number of alkyl halides is 3. The van der Waals surface area contributed by atoms with E-state index in [2.05, 4.69) is 27.2 Å². The minimum absolute atomic E-state index is 0.245. The third-order valence-corrected chi connectivity index (χ3v) is 6.53. The maximum absolute atomic E-state index is 11.4. The molecule has 9 nitrogen and oxygen atoms in total. The number of carboxylic acid groups (broad SMARTS) is 2. The maximum atomic E-state index is 11.4. The lowest BCUT2D eigenvalue weighted by atomic mass is 10.1. The Kier molecular flexibility index (Phi) is 12.6. The lowest BCUT2D eigenvalue weighted by Gasteiger charge is -2.36. The van der Waals surface area contributed by atoms with Gasteiger partial charge in [0.05, 0.1) is 5.56 Å². The van der Waals surface area contributed by atoms with Gasteiger partial charge >= 0.3 is 18.1 Å². The molecule has 0 radical (unpaired) electrons. The number of aliphatic imine (C=N–C) groups is 1. The van der Waals surface area contributed by atoms with E-state index in [1.807, 2.05) is 48.5 Å². The Labute approximate surface area is 252 Å². The monoisotopic (exact) mass is 620 g/mol. The van der Waals surface area contributed by atoms with Crippen LogP contribution in [0.2, 0.25) is 5.02 Å². The molecular weight excluding hydrogens is 589 g/mol. The number of hydrogen-bond acceptors (Lipinski definition) is 5. The summed E-state index contributed by atoms with van der Waals surface area (Å²) < 4.78 is 37.6. The van der Waals surface area contributed by atoms with Crippen LogP contribution in [0.5, 0.6) is 5.75 Å². The molecular formula is C30H32ClF3N4O5. The highest BCUT2D eigenvalue weighted by Crippen LogP contribution is 2.16. The molecule has 0 aliphatic carbocycles. The molecule has 3 N–H and O–H groups in total. The molecule has 0 atom stereocenters. The quantitative estimate of drug-likeness (QED) is 0.216. The van der Waals surface area contributed by atoms with Gasteiger partial charge in [0.15, 0.2) is 5.96 Å². The zero-order valence-corrected chi connectivity index (χ0v) is 23.9. The van der Waals surface area contributed by atoms with Crippen LogP contribution in [0.3, 0.4) is 0 Å². The number of benzene rings is 3. The topological polar surface area (TPSA) is 115 Å². The number of aromatic carboxylic acids is 1. The maximum Gasteiger partial charge on any atom is 0.490 e. The van der Waals surface area contributed by atoms with Crippen LogP contribution in [0, 0.1) is 0 Å². The van der Waals surface area contributed by atoms with Gasteiger partial charge in [0, 0.05) is 50.0 Å². The third kappa shape index (κ3) is 11.8. The second-order valence-electron chi connectivity index (χ2n) is 9.39. The largest absolute Gasteiger partial charge is 0.492 e. The molecule has 4 rings (SSSR count). The number of nitrogens with zero attached hydrogens (tertiary/aromatic N) is 3. The van der Waals surface area contributed by atoms with Crippen LogP contribution in [0.1, 0.15) is 15.9 Å². The number of aliphatic carboxylic acids is 1. The summed E-state index contributed by atoms with van der Waals surface area (Å²) in [6.07, 6.45) is -4.25. The molecule has 0 spiro atoms. The van der Waals surface area contributed by atoms with E-state index in [0.29, 0.717) is 23.9 Å². The summed E-state index contributed by atoms with van der Waals surface area (Å²) in [5.74, 6) is -2.12. The summed E-state index contributed by atoms with van der Waals surface area (Å²) in [5.41, 5.74) is 2.19. The fourth-order valence-corrected chi connectivity index (χ4v) is 4.15. The molecule has 3 aromatic carbocycles. The molecule has 1 saturated heterocycles. The number of rotatable bonds is 9. The molecule has 13 heteroatoms. The van der Waals surface area contributed by atoms with Gasteiger partial charge in [0.1, 0.15) is 12.4 Å². The van der Waals surface area contributed by atoms with Crippen LogP contribution in [-0.4, -0.2) is 90.0 Å². The van der Waals surface area contributed by atoms with Crippen LogP contribution in [-0.2, 0) is 11.2 Å². The molecule has 43 heavy (non-hydrogen) atoms. The average Bonchev–Trinajstić information content (AvgIpc) is 2.98. The number of anilines is 1. The predicted molar refractivity (Wildman–Crippen MR) is 158 cm³/mol. The van der Waals surface area contributed by atoms with Gasteiger partial charge in [-0.25, -0.2) is 9.59 Å². The van der Waals surface area contributed by atoms with E-state index in [4.69, 9.17) is 31.2 Å². The van der Waals surface area contributed by atoms with E-state index in [1.54, 1.807) is 18.2 Å². The van der Waals surface area contributed by atoms with Crippen molar-refractivity contribution in [3.8, 4) is 5.75 Å². The molecule has 0 bridgehead atoms. The van der Waals surface area contributed by atoms with E-state index >= 15 is 0 Å². The fraction of sp³-hybridized carbons (Fsp3) is 0.300. The van der Waals surface area contributed by atoms with Crippen LogP contribution in [0.25, 0.3) is 0 Å². The van der Waals surface area contributed by atoms with Crippen molar-refractivity contribution in [2.45, 2.75) is 12.6 Å². The average molecular weight is 621 g/mol. The molecule has 230 valence electrons. The Hall–Kier alpha value is -4.29. The van der Waals surface area contributed by atoms with Crippen molar-refractivity contribution < 1.29 is 37.7 Å². The van der Waals surface area contributed by atoms with Gasteiger partial charge in [-0.15, -0.1) is 0 Å². The van der Waals surface area contributed by atoms with Gasteiger partial charge in [0.2, 0.25) is 0 Å². The molecule has 0 aromatic heterocycles. The molecule has 1 heterocycles. The lowest BCUT2D eigenvalue weighted by Crippen LogP contribution is -2.51. The van der Waals surface area contributed by atoms with Crippen LogP contribution >= 0.6 is 11.6 Å². The first-order valence-electron chi connectivity index (χ1n) is 13.4. The number of guanidine groups is 1. The lowest BCUT2D eigenvalue weighted by molar-refractivity contribution is -0.192. The molecule has 1 aliphatic rings. The van der Waals surface area contributed by atoms with Crippen molar-refractivity contribution in [3.63, 3.8) is 0 Å². The molecule has 0 amide bonds. The Morgan fingerprint density at radius 3 is 2.19 bits per heavy atom. The van der Waals surface area contributed by atoms with Crippen molar-refractivity contribution in [2.24, 2.45) is 4.99 Å². The second kappa shape index (κ2) is 16.4. The minimum Gasteiger partial charge on any atom is -0.492 e. The zero-order valence-electron chi connectivity index (χ0n) is 23.1. The van der Waals surface area contributed by atoms with E-state index < -0.39 is 18.1 Å². The zero-order chi connectivity index (χ0) is 31.2. The van der Waals surface area contributed by atoms with Gasteiger partial charge in [0.25, 0.3) is 0 Å². The second-order valence-corrected chi connectivity index (χ2v) is 9.82. The normalized spacial score (nSPS) is 14.0. The fourth-order valence-electron chi connectivity index (χ4n) is 4.02. The van der Waals surface area contributed by atoms with Gasteiger partial charge < -0.3 is 25.2 Å². The van der Waals surface area contributed by atoms with Crippen molar-refractivity contribution >= 4 is 35.2 Å². The number of piperazine rings is 1. The number of hydrogen-bond donors (Lipinski definition) is 3. The standard InChI is InChI=1S/C28H31ClN4O3.C2HF3O2/c29-24-9-11-26(12-10-24)36-20-19-32-15-17-33(18-16-32)28(30-14-13-22-5-2-1-3-6-22)31-25-8-4-7-23(21-25)27(34)35;3-2(4,5)1(6)7/h1-12,21H,13-20H2,(H,30,31)(H,34,35);(H,6,7).